The lowest BCUT2D eigenvalue weighted by Gasteiger charge is -2.12. The van der Waals surface area contributed by atoms with Crippen LogP contribution in [0.5, 0.6) is 0 Å². The summed E-state index contributed by atoms with van der Waals surface area (Å²) in [5.74, 6) is 0.244. The Morgan fingerprint density at radius 2 is 2.10 bits per heavy atom. The Bertz CT molecular complexity index is 500. The van der Waals surface area contributed by atoms with Crippen molar-refractivity contribution < 1.29 is 9.59 Å². The van der Waals surface area contributed by atoms with Gasteiger partial charge in [-0.15, -0.1) is 0 Å². The van der Waals surface area contributed by atoms with Crippen molar-refractivity contribution in [2.24, 2.45) is 0 Å². The molecule has 0 saturated heterocycles. The number of para-hydroxylation sites is 1. The second-order valence-corrected chi connectivity index (χ2v) is 5.26. The molecule has 1 aromatic carbocycles. The molecule has 1 aliphatic heterocycles. The van der Waals surface area contributed by atoms with Crippen LogP contribution in [0.25, 0.3) is 0 Å². The fourth-order valence-electron chi connectivity index (χ4n) is 2.37. The van der Waals surface area contributed by atoms with Gasteiger partial charge in [-0.3, -0.25) is 9.59 Å². The van der Waals surface area contributed by atoms with Gasteiger partial charge in [0.05, 0.1) is 0 Å². The van der Waals surface area contributed by atoms with E-state index in [1.807, 2.05) is 18.2 Å². The highest BCUT2D eigenvalue weighted by Gasteiger charge is 2.23. The van der Waals surface area contributed by atoms with Crippen molar-refractivity contribution in [2.75, 3.05) is 32.5 Å². The number of hydrogen-bond donors (Lipinski definition) is 2. The van der Waals surface area contributed by atoms with Crippen LogP contribution in [0.3, 0.4) is 0 Å². The minimum atomic E-state index is 0.0000548. The molecule has 0 aliphatic carbocycles. The first-order valence-corrected chi connectivity index (χ1v) is 6.87. The van der Waals surface area contributed by atoms with Crippen molar-refractivity contribution >= 4 is 17.5 Å². The van der Waals surface area contributed by atoms with Gasteiger partial charge in [-0.05, 0) is 11.6 Å². The SMILES string of the molecule is CN(C)C(=O)CCNC(=O)CC1CNc2ccccc21. The summed E-state index contributed by atoms with van der Waals surface area (Å²) in [7, 11) is 3.43. The first-order chi connectivity index (χ1) is 9.58. The van der Waals surface area contributed by atoms with Crippen molar-refractivity contribution in [1.29, 1.82) is 0 Å². The van der Waals surface area contributed by atoms with E-state index in [9.17, 15) is 9.59 Å². The number of anilines is 1. The van der Waals surface area contributed by atoms with E-state index < -0.39 is 0 Å². The monoisotopic (exact) mass is 275 g/mol. The van der Waals surface area contributed by atoms with Gasteiger partial charge in [-0.2, -0.15) is 0 Å². The van der Waals surface area contributed by atoms with E-state index in [1.54, 1.807) is 14.1 Å². The maximum Gasteiger partial charge on any atom is 0.223 e. The highest BCUT2D eigenvalue weighted by Crippen LogP contribution is 2.32. The quantitative estimate of drug-likeness (QED) is 0.848. The number of rotatable bonds is 5. The van der Waals surface area contributed by atoms with Gasteiger partial charge in [0.1, 0.15) is 0 Å². The summed E-state index contributed by atoms with van der Waals surface area (Å²) in [4.78, 5) is 24.8. The first-order valence-electron chi connectivity index (χ1n) is 6.87. The summed E-state index contributed by atoms with van der Waals surface area (Å²) >= 11 is 0. The van der Waals surface area contributed by atoms with E-state index in [0.717, 1.165) is 12.2 Å². The molecule has 1 aromatic rings. The van der Waals surface area contributed by atoms with Crippen LogP contribution < -0.4 is 10.6 Å². The summed E-state index contributed by atoms with van der Waals surface area (Å²) in [5.41, 5.74) is 2.32. The molecule has 5 heteroatoms. The zero-order chi connectivity index (χ0) is 14.5. The molecule has 1 aliphatic rings. The van der Waals surface area contributed by atoms with E-state index >= 15 is 0 Å². The Morgan fingerprint density at radius 3 is 2.85 bits per heavy atom. The zero-order valence-corrected chi connectivity index (χ0v) is 12.0. The molecule has 0 fully saturated rings. The van der Waals surface area contributed by atoms with Gasteiger partial charge < -0.3 is 15.5 Å². The summed E-state index contributed by atoms with van der Waals surface area (Å²) in [5, 5.41) is 6.12. The summed E-state index contributed by atoms with van der Waals surface area (Å²) in [6.07, 6.45) is 0.804. The molecule has 108 valence electrons. The van der Waals surface area contributed by atoms with Gasteiger partial charge in [0.2, 0.25) is 11.8 Å². The van der Waals surface area contributed by atoms with Gasteiger partial charge in [0.15, 0.2) is 0 Å². The maximum atomic E-state index is 11.9. The molecule has 2 N–H and O–H groups in total. The zero-order valence-electron chi connectivity index (χ0n) is 12.0. The summed E-state index contributed by atoms with van der Waals surface area (Å²) < 4.78 is 0. The van der Waals surface area contributed by atoms with Crippen LogP contribution in [0.15, 0.2) is 24.3 Å². The Hall–Kier alpha value is -2.04. The molecule has 1 unspecified atom stereocenters. The van der Waals surface area contributed by atoms with E-state index in [4.69, 9.17) is 0 Å². The van der Waals surface area contributed by atoms with Crippen LogP contribution >= 0.6 is 0 Å². The molecule has 2 rings (SSSR count). The molecule has 0 saturated carbocycles. The van der Waals surface area contributed by atoms with Gasteiger partial charge in [-0.1, -0.05) is 18.2 Å². The fourth-order valence-corrected chi connectivity index (χ4v) is 2.37. The van der Waals surface area contributed by atoms with E-state index in [-0.39, 0.29) is 17.7 Å². The molecule has 2 amide bonds. The third-order valence-electron chi connectivity index (χ3n) is 3.53. The third-order valence-corrected chi connectivity index (χ3v) is 3.53. The molecule has 1 heterocycles. The molecule has 5 nitrogen and oxygen atoms in total. The van der Waals surface area contributed by atoms with Crippen LogP contribution in [0.4, 0.5) is 5.69 Å². The lowest BCUT2D eigenvalue weighted by molar-refractivity contribution is -0.128. The Morgan fingerprint density at radius 1 is 1.35 bits per heavy atom. The van der Waals surface area contributed by atoms with Gasteiger partial charge in [0, 0.05) is 51.6 Å². The Labute approximate surface area is 119 Å². The predicted molar refractivity (Wildman–Crippen MR) is 78.6 cm³/mol. The lowest BCUT2D eigenvalue weighted by atomic mass is 9.97. The highest BCUT2D eigenvalue weighted by atomic mass is 16.2. The largest absolute Gasteiger partial charge is 0.384 e. The minimum absolute atomic E-state index is 0.0000548. The second-order valence-electron chi connectivity index (χ2n) is 5.26. The van der Waals surface area contributed by atoms with Crippen LogP contribution in [0.2, 0.25) is 0 Å². The molecule has 0 aromatic heterocycles. The average molecular weight is 275 g/mol. The van der Waals surface area contributed by atoms with Gasteiger partial charge >= 0.3 is 0 Å². The van der Waals surface area contributed by atoms with E-state index in [2.05, 4.69) is 16.7 Å². The van der Waals surface area contributed by atoms with Crippen LogP contribution in [-0.2, 0) is 9.59 Å². The molecule has 0 radical (unpaired) electrons. The van der Waals surface area contributed by atoms with E-state index in [0.29, 0.717) is 19.4 Å². The standard InChI is InChI=1S/C15H21N3O2/c1-18(2)15(20)7-8-16-14(19)9-11-10-17-13-6-4-3-5-12(11)13/h3-6,11,17H,7-10H2,1-2H3,(H,16,19). The van der Waals surface area contributed by atoms with Crippen LogP contribution in [0, 0.1) is 0 Å². The fraction of sp³-hybridized carbons (Fsp3) is 0.467. The summed E-state index contributed by atoms with van der Waals surface area (Å²) in [6.45, 7) is 1.20. The number of fused-ring (bicyclic) bond motifs is 1. The molecule has 1 atom stereocenters. The molecule has 0 spiro atoms. The molecule has 20 heavy (non-hydrogen) atoms. The summed E-state index contributed by atoms with van der Waals surface area (Å²) in [6, 6.07) is 8.07. The van der Waals surface area contributed by atoms with E-state index in [1.165, 1.54) is 10.5 Å². The number of amides is 2. The number of hydrogen-bond acceptors (Lipinski definition) is 3. The number of benzene rings is 1. The Kier molecular flexibility index (Phi) is 4.61. The van der Waals surface area contributed by atoms with Crippen molar-refractivity contribution in [3.05, 3.63) is 29.8 Å². The van der Waals surface area contributed by atoms with Crippen molar-refractivity contribution in [2.45, 2.75) is 18.8 Å². The number of carbonyl (C=O) groups is 2. The maximum absolute atomic E-state index is 11.9. The normalized spacial score (nSPS) is 16.2. The number of nitrogens with zero attached hydrogens (tertiary/aromatic N) is 1. The number of nitrogens with one attached hydrogen (secondary N) is 2. The smallest absolute Gasteiger partial charge is 0.223 e. The Balaban J connectivity index is 1.77. The van der Waals surface area contributed by atoms with Crippen LogP contribution in [0.1, 0.15) is 24.3 Å². The highest BCUT2D eigenvalue weighted by molar-refractivity contribution is 5.80. The molecular formula is C15H21N3O2. The number of carbonyl (C=O) groups excluding carboxylic acids is 2. The topological polar surface area (TPSA) is 61.4 Å². The molecular weight excluding hydrogens is 254 g/mol. The van der Waals surface area contributed by atoms with Crippen molar-refractivity contribution in [3.63, 3.8) is 0 Å². The van der Waals surface area contributed by atoms with Gasteiger partial charge in [0.25, 0.3) is 0 Å². The predicted octanol–water partition coefficient (Wildman–Crippen LogP) is 1.18. The van der Waals surface area contributed by atoms with Crippen LogP contribution in [-0.4, -0.2) is 43.9 Å². The van der Waals surface area contributed by atoms with Crippen molar-refractivity contribution in [1.82, 2.24) is 10.2 Å². The second kappa shape index (κ2) is 6.41. The average Bonchev–Trinajstić information content (AvgIpc) is 2.82. The van der Waals surface area contributed by atoms with Gasteiger partial charge in [-0.25, -0.2) is 0 Å². The third kappa shape index (κ3) is 3.50. The minimum Gasteiger partial charge on any atom is -0.384 e. The lowest BCUT2D eigenvalue weighted by Crippen LogP contribution is -2.31. The molecule has 0 bridgehead atoms. The van der Waals surface area contributed by atoms with Crippen molar-refractivity contribution in [3.8, 4) is 0 Å². The first kappa shape index (κ1) is 14.4.